The summed E-state index contributed by atoms with van der Waals surface area (Å²) < 4.78 is 6.67. The van der Waals surface area contributed by atoms with Gasteiger partial charge >= 0.3 is 0 Å². The molecule has 30 heavy (non-hydrogen) atoms. The van der Waals surface area contributed by atoms with Crippen LogP contribution in [0.1, 0.15) is 43.9 Å². The van der Waals surface area contributed by atoms with Crippen LogP contribution >= 0.6 is 15.9 Å². The molecule has 6 heteroatoms. The zero-order valence-corrected chi connectivity index (χ0v) is 20.0. The molecule has 0 bridgehead atoms. The Morgan fingerprint density at radius 1 is 1.10 bits per heavy atom. The summed E-state index contributed by atoms with van der Waals surface area (Å²) in [6.07, 6.45) is 0.827. The molecule has 2 rings (SSSR count). The number of nitrogens with one attached hydrogen (secondary N) is 1. The number of aryl methyl sites for hydroxylation is 2. The fourth-order valence-electron chi connectivity index (χ4n) is 2.91. The van der Waals surface area contributed by atoms with Crippen molar-refractivity contribution in [1.82, 2.24) is 10.2 Å². The third-order valence-electron chi connectivity index (χ3n) is 5.25. The molecule has 2 aromatic carbocycles. The molecule has 0 saturated heterocycles. The van der Waals surface area contributed by atoms with Gasteiger partial charge in [0.25, 0.3) is 5.91 Å². The second-order valence-corrected chi connectivity index (χ2v) is 8.60. The first-order valence-corrected chi connectivity index (χ1v) is 11.0. The van der Waals surface area contributed by atoms with E-state index in [1.54, 1.807) is 11.8 Å². The van der Waals surface area contributed by atoms with E-state index in [9.17, 15) is 9.59 Å². The summed E-state index contributed by atoms with van der Waals surface area (Å²) in [5.41, 5.74) is 3.21. The van der Waals surface area contributed by atoms with Gasteiger partial charge in [-0.15, -0.1) is 0 Å². The Labute approximate surface area is 187 Å². The Balaban J connectivity index is 2.16. The van der Waals surface area contributed by atoms with Gasteiger partial charge in [0.2, 0.25) is 5.91 Å². The van der Waals surface area contributed by atoms with E-state index in [0.29, 0.717) is 12.3 Å². The summed E-state index contributed by atoms with van der Waals surface area (Å²) in [7, 11) is 0. The molecule has 0 aliphatic carbocycles. The predicted octanol–water partition coefficient (Wildman–Crippen LogP) is 4.78. The Morgan fingerprint density at radius 2 is 1.83 bits per heavy atom. The van der Waals surface area contributed by atoms with Crippen LogP contribution in [0.15, 0.2) is 46.9 Å². The van der Waals surface area contributed by atoms with Crippen LogP contribution in [0.5, 0.6) is 5.75 Å². The number of ether oxygens (including phenoxy) is 1. The normalized spacial score (nSPS) is 12.7. The lowest BCUT2D eigenvalue weighted by molar-refractivity contribution is -0.142. The van der Waals surface area contributed by atoms with E-state index in [1.165, 1.54) is 5.56 Å². The highest BCUT2D eigenvalue weighted by molar-refractivity contribution is 9.10. The van der Waals surface area contributed by atoms with Crippen molar-refractivity contribution in [3.63, 3.8) is 0 Å². The van der Waals surface area contributed by atoms with Crippen molar-refractivity contribution in [3.05, 3.63) is 63.6 Å². The smallest absolute Gasteiger partial charge is 0.261 e. The first kappa shape index (κ1) is 23.9. The van der Waals surface area contributed by atoms with Crippen LogP contribution in [-0.2, 0) is 16.1 Å². The van der Waals surface area contributed by atoms with Crippen molar-refractivity contribution < 1.29 is 14.3 Å². The number of carbonyl (C=O) groups is 2. The summed E-state index contributed by atoms with van der Waals surface area (Å²) in [6, 6.07) is 12.9. The minimum Gasteiger partial charge on any atom is -0.484 e. The first-order valence-electron chi connectivity index (χ1n) is 10.3. The number of rotatable bonds is 9. The molecule has 2 unspecified atom stereocenters. The Bertz CT molecular complexity index is 885. The largest absolute Gasteiger partial charge is 0.484 e. The first-order chi connectivity index (χ1) is 14.2. The monoisotopic (exact) mass is 474 g/mol. The lowest BCUT2D eigenvalue weighted by atomic mass is 10.1. The maximum absolute atomic E-state index is 13.1. The van der Waals surface area contributed by atoms with E-state index in [1.807, 2.05) is 70.2 Å². The average Bonchev–Trinajstić information content (AvgIpc) is 2.72. The van der Waals surface area contributed by atoms with E-state index >= 15 is 0 Å². The fraction of sp³-hybridized carbons (Fsp3) is 0.417. The average molecular weight is 475 g/mol. The molecular weight excluding hydrogens is 444 g/mol. The van der Waals surface area contributed by atoms with Gasteiger partial charge in [0.05, 0.1) is 0 Å². The lowest BCUT2D eigenvalue weighted by Crippen LogP contribution is -2.50. The lowest BCUT2D eigenvalue weighted by Gasteiger charge is -2.29. The Hall–Kier alpha value is -2.34. The van der Waals surface area contributed by atoms with Gasteiger partial charge in [0.1, 0.15) is 11.8 Å². The van der Waals surface area contributed by atoms with Crippen LogP contribution in [0, 0.1) is 13.8 Å². The minimum atomic E-state index is -0.617. The molecule has 2 atom stereocenters. The Kier molecular flexibility index (Phi) is 8.90. The summed E-state index contributed by atoms with van der Waals surface area (Å²) >= 11 is 3.46. The summed E-state index contributed by atoms with van der Waals surface area (Å²) in [5.74, 6) is 0.240. The van der Waals surface area contributed by atoms with E-state index in [0.717, 1.165) is 22.0 Å². The number of halogens is 1. The van der Waals surface area contributed by atoms with E-state index in [-0.39, 0.29) is 24.5 Å². The van der Waals surface area contributed by atoms with Crippen molar-refractivity contribution in [2.75, 3.05) is 6.61 Å². The minimum absolute atomic E-state index is 0.0505. The number of hydrogen-bond donors (Lipinski definition) is 1. The standard InChI is InChI=1S/C24H31BrN2O3/c1-6-18(4)26-24(29)19(5)27(14-20-8-7-9-21(25)13-20)23(28)15-30-22-11-10-16(2)17(3)12-22/h7-13,18-19H,6,14-15H2,1-5H3,(H,26,29). The zero-order chi connectivity index (χ0) is 22.3. The van der Waals surface area contributed by atoms with E-state index in [2.05, 4.69) is 21.2 Å². The van der Waals surface area contributed by atoms with Gasteiger partial charge in [-0.05, 0) is 75.1 Å². The van der Waals surface area contributed by atoms with Crippen molar-refractivity contribution >= 4 is 27.7 Å². The second kappa shape index (κ2) is 11.2. The number of carbonyl (C=O) groups excluding carboxylic acids is 2. The molecule has 0 saturated carbocycles. The molecular formula is C24H31BrN2O3. The molecule has 0 aromatic heterocycles. The quantitative estimate of drug-likeness (QED) is 0.568. The molecule has 0 fully saturated rings. The molecule has 2 amide bonds. The number of nitrogens with zero attached hydrogens (tertiary/aromatic N) is 1. The highest BCUT2D eigenvalue weighted by Crippen LogP contribution is 2.18. The van der Waals surface area contributed by atoms with Gasteiger partial charge in [0.15, 0.2) is 6.61 Å². The molecule has 0 heterocycles. The van der Waals surface area contributed by atoms with Gasteiger partial charge in [-0.25, -0.2) is 0 Å². The summed E-state index contributed by atoms with van der Waals surface area (Å²) in [6.45, 7) is 9.95. The van der Waals surface area contributed by atoms with Gasteiger partial charge in [-0.1, -0.05) is 41.1 Å². The van der Waals surface area contributed by atoms with Crippen molar-refractivity contribution in [2.45, 2.75) is 59.7 Å². The maximum Gasteiger partial charge on any atom is 0.261 e. The molecule has 5 nitrogen and oxygen atoms in total. The van der Waals surface area contributed by atoms with Gasteiger partial charge in [-0.3, -0.25) is 9.59 Å². The van der Waals surface area contributed by atoms with Crippen LogP contribution in [-0.4, -0.2) is 35.4 Å². The zero-order valence-electron chi connectivity index (χ0n) is 18.4. The van der Waals surface area contributed by atoms with E-state index in [4.69, 9.17) is 4.74 Å². The molecule has 0 spiro atoms. The van der Waals surface area contributed by atoms with Crippen LogP contribution in [0.4, 0.5) is 0 Å². The third-order valence-corrected chi connectivity index (χ3v) is 5.74. The van der Waals surface area contributed by atoms with Crippen LogP contribution in [0.25, 0.3) is 0 Å². The highest BCUT2D eigenvalue weighted by atomic mass is 79.9. The molecule has 0 radical (unpaired) electrons. The molecule has 1 N–H and O–H groups in total. The molecule has 0 aliphatic rings. The van der Waals surface area contributed by atoms with Gasteiger partial charge in [0, 0.05) is 17.1 Å². The van der Waals surface area contributed by atoms with Gasteiger partial charge in [-0.2, -0.15) is 0 Å². The SMILES string of the molecule is CCC(C)NC(=O)C(C)N(Cc1cccc(Br)c1)C(=O)COc1ccc(C)c(C)c1. The fourth-order valence-corrected chi connectivity index (χ4v) is 3.36. The van der Waals surface area contributed by atoms with Crippen LogP contribution in [0.2, 0.25) is 0 Å². The topological polar surface area (TPSA) is 58.6 Å². The van der Waals surface area contributed by atoms with Crippen molar-refractivity contribution in [1.29, 1.82) is 0 Å². The summed E-state index contributed by atoms with van der Waals surface area (Å²) in [5, 5.41) is 2.97. The third kappa shape index (κ3) is 6.87. The summed E-state index contributed by atoms with van der Waals surface area (Å²) in [4.78, 5) is 27.4. The number of benzene rings is 2. The molecule has 162 valence electrons. The number of hydrogen-bond acceptors (Lipinski definition) is 3. The van der Waals surface area contributed by atoms with Gasteiger partial charge < -0.3 is 15.0 Å². The van der Waals surface area contributed by atoms with Crippen LogP contribution in [0.3, 0.4) is 0 Å². The maximum atomic E-state index is 13.1. The van der Waals surface area contributed by atoms with Crippen molar-refractivity contribution in [2.24, 2.45) is 0 Å². The predicted molar refractivity (Wildman–Crippen MR) is 123 cm³/mol. The second-order valence-electron chi connectivity index (χ2n) is 7.68. The highest BCUT2D eigenvalue weighted by Gasteiger charge is 2.27. The number of amides is 2. The molecule has 2 aromatic rings. The van der Waals surface area contributed by atoms with Crippen molar-refractivity contribution in [3.8, 4) is 5.75 Å². The van der Waals surface area contributed by atoms with E-state index < -0.39 is 6.04 Å². The Morgan fingerprint density at radius 3 is 2.47 bits per heavy atom. The van der Waals surface area contributed by atoms with Crippen LogP contribution < -0.4 is 10.1 Å². The molecule has 0 aliphatic heterocycles.